The predicted molar refractivity (Wildman–Crippen MR) is 117 cm³/mol. The molecule has 0 radical (unpaired) electrons. The molecule has 0 spiro atoms. The van der Waals surface area contributed by atoms with E-state index in [4.69, 9.17) is 46.4 Å². The second-order valence-electron chi connectivity index (χ2n) is 6.45. The minimum absolute atomic E-state index is 0.0633. The minimum Gasteiger partial charge on any atom is -0.266 e. The molecule has 0 saturated carbocycles. The Balaban J connectivity index is 1.97. The van der Waals surface area contributed by atoms with Gasteiger partial charge in [0.1, 0.15) is 5.69 Å². The summed E-state index contributed by atoms with van der Waals surface area (Å²) in [5.74, 6) is -0.952. The second-order valence-corrected chi connectivity index (χ2v) is 9.76. The van der Waals surface area contributed by atoms with Crippen LogP contribution in [0, 0.1) is 20.8 Å². The molecule has 0 saturated heterocycles. The molecule has 2 aromatic carbocycles. The van der Waals surface area contributed by atoms with Gasteiger partial charge in [0, 0.05) is 10.0 Å². The van der Waals surface area contributed by atoms with Crippen molar-refractivity contribution in [1.82, 2.24) is 19.7 Å². The SMILES string of the molecule is Cc1cc(S(=O)(=O)NC(=O)c2nnn(-c3c(Cl)cc(Cl)cc3Cl)c2C)c(C)cc1Cl. The summed E-state index contributed by atoms with van der Waals surface area (Å²) in [7, 11) is -4.18. The van der Waals surface area contributed by atoms with Crippen molar-refractivity contribution in [3.63, 3.8) is 0 Å². The van der Waals surface area contributed by atoms with E-state index in [-0.39, 0.29) is 32.0 Å². The van der Waals surface area contributed by atoms with Gasteiger partial charge in [-0.2, -0.15) is 0 Å². The molecule has 0 atom stereocenters. The first kappa shape index (κ1) is 22.8. The van der Waals surface area contributed by atoms with Gasteiger partial charge in [0.15, 0.2) is 5.69 Å². The number of halogens is 4. The van der Waals surface area contributed by atoms with E-state index in [0.717, 1.165) is 0 Å². The summed E-state index contributed by atoms with van der Waals surface area (Å²) in [4.78, 5) is 12.6. The number of hydrogen-bond acceptors (Lipinski definition) is 5. The Hall–Kier alpha value is -1.84. The zero-order chi connectivity index (χ0) is 22.4. The predicted octanol–water partition coefficient (Wildman–Crippen LogP) is 4.92. The molecule has 158 valence electrons. The summed E-state index contributed by atoms with van der Waals surface area (Å²) in [5.41, 5.74) is 1.25. The Morgan fingerprint density at radius 1 is 0.933 bits per heavy atom. The number of aromatic nitrogens is 3. The zero-order valence-electron chi connectivity index (χ0n) is 15.8. The highest BCUT2D eigenvalue weighted by molar-refractivity contribution is 7.90. The molecule has 0 unspecified atom stereocenters. The molecule has 1 heterocycles. The summed E-state index contributed by atoms with van der Waals surface area (Å²) >= 11 is 24.3. The number of carbonyl (C=O) groups is 1. The lowest BCUT2D eigenvalue weighted by Gasteiger charge is -2.11. The number of nitrogens with zero attached hydrogens (tertiary/aromatic N) is 3. The highest BCUT2D eigenvalue weighted by Gasteiger charge is 2.26. The number of aryl methyl sites for hydroxylation is 2. The summed E-state index contributed by atoms with van der Waals surface area (Å²) in [5, 5.41) is 8.80. The molecule has 1 N–H and O–H groups in total. The fourth-order valence-electron chi connectivity index (χ4n) is 2.76. The molecule has 0 aliphatic heterocycles. The highest BCUT2D eigenvalue weighted by Crippen LogP contribution is 2.32. The fraction of sp³-hybridized carbons (Fsp3) is 0.167. The van der Waals surface area contributed by atoms with Crippen molar-refractivity contribution in [2.24, 2.45) is 0 Å². The Morgan fingerprint density at radius 3 is 2.13 bits per heavy atom. The van der Waals surface area contributed by atoms with Gasteiger partial charge in [0.2, 0.25) is 0 Å². The number of hydrogen-bond donors (Lipinski definition) is 1. The number of carbonyl (C=O) groups excluding carboxylic acids is 1. The van der Waals surface area contributed by atoms with Crippen molar-refractivity contribution in [2.75, 3.05) is 0 Å². The third-order valence-electron chi connectivity index (χ3n) is 4.28. The molecule has 1 amide bonds. The van der Waals surface area contributed by atoms with Gasteiger partial charge in [-0.25, -0.2) is 17.8 Å². The average Bonchev–Trinajstić information content (AvgIpc) is 2.98. The van der Waals surface area contributed by atoms with Gasteiger partial charge >= 0.3 is 0 Å². The quantitative estimate of drug-likeness (QED) is 0.540. The van der Waals surface area contributed by atoms with Gasteiger partial charge < -0.3 is 0 Å². The van der Waals surface area contributed by atoms with Crippen LogP contribution in [0.2, 0.25) is 20.1 Å². The normalized spacial score (nSPS) is 11.6. The lowest BCUT2D eigenvalue weighted by molar-refractivity contribution is 0.0976. The van der Waals surface area contributed by atoms with Crippen LogP contribution in [0.3, 0.4) is 0 Å². The third-order valence-corrected chi connectivity index (χ3v) is 6.95. The fourth-order valence-corrected chi connectivity index (χ4v) is 5.22. The smallest absolute Gasteiger partial charge is 0.266 e. The number of amides is 1. The topological polar surface area (TPSA) is 93.9 Å². The summed E-state index contributed by atoms with van der Waals surface area (Å²) in [6, 6.07) is 5.83. The maximum atomic E-state index is 12.7. The second kappa shape index (κ2) is 8.36. The first-order valence-electron chi connectivity index (χ1n) is 8.33. The molecule has 3 rings (SSSR count). The summed E-state index contributed by atoms with van der Waals surface area (Å²) < 4.78 is 28.7. The molecule has 0 bridgehead atoms. The van der Waals surface area contributed by atoms with Crippen LogP contribution in [0.15, 0.2) is 29.2 Å². The van der Waals surface area contributed by atoms with Crippen molar-refractivity contribution in [3.8, 4) is 5.69 Å². The molecule has 0 aliphatic rings. The van der Waals surface area contributed by atoms with Gasteiger partial charge in [-0.05, 0) is 56.2 Å². The molecule has 3 aromatic rings. The first-order valence-corrected chi connectivity index (χ1v) is 11.3. The molecular formula is C18H14Cl4N4O3S. The van der Waals surface area contributed by atoms with E-state index in [9.17, 15) is 13.2 Å². The van der Waals surface area contributed by atoms with Crippen LogP contribution in [0.25, 0.3) is 5.69 Å². The van der Waals surface area contributed by atoms with Crippen LogP contribution in [-0.2, 0) is 10.0 Å². The lowest BCUT2D eigenvalue weighted by Crippen LogP contribution is -2.32. The van der Waals surface area contributed by atoms with E-state index in [2.05, 4.69) is 10.3 Å². The van der Waals surface area contributed by atoms with Crippen molar-refractivity contribution in [3.05, 3.63) is 66.9 Å². The third kappa shape index (κ3) is 4.29. The first-order chi connectivity index (χ1) is 13.9. The van der Waals surface area contributed by atoms with E-state index in [1.807, 2.05) is 4.72 Å². The highest BCUT2D eigenvalue weighted by atomic mass is 35.5. The van der Waals surface area contributed by atoms with Crippen molar-refractivity contribution < 1.29 is 13.2 Å². The van der Waals surface area contributed by atoms with Crippen LogP contribution >= 0.6 is 46.4 Å². The molecule has 0 fully saturated rings. The Morgan fingerprint density at radius 2 is 1.53 bits per heavy atom. The zero-order valence-corrected chi connectivity index (χ0v) is 19.6. The van der Waals surface area contributed by atoms with E-state index < -0.39 is 15.9 Å². The van der Waals surface area contributed by atoms with Crippen LogP contribution in [0.1, 0.15) is 27.3 Å². The van der Waals surface area contributed by atoms with E-state index >= 15 is 0 Å². The molecule has 0 aliphatic carbocycles. The van der Waals surface area contributed by atoms with Crippen molar-refractivity contribution >= 4 is 62.3 Å². The van der Waals surface area contributed by atoms with E-state index in [1.54, 1.807) is 13.8 Å². The molecule has 12 heteroatoms. The van der Waals surface area contributed by atoms with Crippen molar-refractivity contribution in [2.45, 2.75) is 25.7 Å². The largest absolute Gasteiger partial charge is 0.287 e. The average molecular weight is 508 g/mol. The number of nitrogens with one attached hydrogen (secondary N) is 1. The molecule has 7 nitrogen and oxygen atoms in total. The molecular weight excluding hydrogens is 494 g/mol. The van der Waals surface area contributed by atoms with Gasteiger partial charge in [-0.3, -0.25) is 4.79 Å². The Labute approximate surface area is 192 Å². The lowest BCUT2D eigenvalue weighted by atomic mass is 10.2. The Kier molecular flexibility index (Phi) is 6.36. The summed E-state index contributed by atoms with van der Waals surface area (Å²) in [6.45, 7) is 4.77. The van der Waals surface area contributed by atoms with Gasteiger partial charge in [0.25, 0.3) is 15.9 Å². The minimum atomic E-state index is -4.18. The molecule has 30 heavy (non-hydrogen) atoms. The van der Waals surface area contributed by atoms with Crippen LogP contribution in [0.4, 0.5) is 0 Å². The van der Waals surface area contributed by atoms with E-state index in [1.165, 1.54) is 35.9 Å². The van der Waals surface area contributed by atoms with E-state index in [0.29, 0.717) is 21.2 Å². The van der Waals surface area contributed by atoms with Gasteiger partial charge in [0.05, 0.1) is 20.6 Å². The number of rotatable bonds is 4. The Bertz CT molecular complexity index is 1270. The monoisotopic (exact) mass is 506 g/mol. The maximum Gasteiger partial charge on any atom is 0.287 e. The van der Waals surface area contributed by atoms with Crippen LogP contribution in [-0.4, -0.2) is 29.3 Å². The molecule has 1 aromatic heterocycles. The standard InChI is InChI=1S/C18H14Cl4N4O3S/c1-8-5-15(9(2)4-12(8)20)30(28,29)24-18(27)16-10(3)26(25-23-16)17-13(21)6-11(19)7-14(17)22/h4-7H,1-3H3,(H,24,27). The van der Waals surface area contributed by atoms with Gasteiger partial charge in [-0.15, -0.1) is 5.10 Å². The number of benzene rings is 2. The van der Waals surface area contributed by atoms with Crippen LogP contribution in [0.5, 0.6) is 0 Å². The van der Waals surface area contributed by atoms with Crippen molar-refractivity contribution in [1.29, 1.82) is 0 Å². The number of sulfonamides is 1. The van der Waals surface area contributed by atoms with Crippen LogP contribution < -0.4 is 4.72 Å². The van der Waals surface area contributed by atoms with Gasteiger partial charge in [-0.1, -0.05) is 51.6 Å². The maximum absolute atomic E-state index is 12.7. The summed E-state index contributed by atoms with van der Waals surface area (Å²) in [6.07, 6.45) is 0.